The van der Waals surface area contributed by atoms with E-state index in [9.17, 15) is 22.8 Å². The molecular formula is C24H22F3N3O3. The minimum atomic E-state index is -4.63. The van der Waals surface area contributed by atoms with Crippen molar-refractivity contribution in [2.45, 2.75) is 32.9 Å². The average molecular weight is 457 g/mol. The number of carbonyl (C=O) groups is 1. The molecule has 0 saturated carbocycles. The van der Waals surface area contributed by atoms with E-state index in [0.29, 0.717) is 24.4 Å². The van der Waals surface area contributed by atoms with E-state index in [4.69, 9.17) is 4.74 Å². The van der Waals surface area contributed by atoms with Crippen LogP contribution >= 0.6 is 0 Å². The number of aryl methyl sites for hydroxylation is 2. The van der Waals surface area contributed by atoms with Crippen molar-refractivity contribution in [3.05, 3.63) is 80.8 Å². The molecule has 0 spiro atoms. The zero-order valence-corrected chi connectivity index (χ0v) is 18.4. The fourth-order valence-electron chi connectivity index (χ4n) is 4.19. The first-order chi connectivity index (χ1) is 15.6. The van der Waals surface area contributed by atoms with Crippen LogP contribution in [-0.2, 0) is 12.6 Å². The van der Waals surface area contributed by atoms with Crippen LogP contribution in [0.3, 0.4) is 0 Å². The molecule has 2 aromatic carbocycles. The van der Waals surface area contributed by atoms with Crippen LogP contribution in [0.5, 0.6) is 5.75 Å². The van der Waals surface area contributed by atoms with Gasteiger partial charge in [-0.3, -0.25) is 9.59 Å². The Kier molecular flexibility index (Phi) is 5.73. The van der Waals surface area contributed by atoms with Crippen molar-refractivity contribution in [1.29, 1.82) is 0 Å². The van der Waals surface area contributed by atoms with Crippen LogP contribution in [0.1, 0.15) is 39.3 Å². The minimum Gasteiger partial charge on any atom is -0.495 e. The largest absolute Gasteiger partial charge is 0.495 e. The summed E-state index contributed by atoms with van der Waals surface area (Å²) in [6.45, 7) is 3.73. The van der Waals surface area contributed by atoms with Gasteiger partial charge in [-0.15, -0.1) is 0 Å². The maximum atomic E-state index is 13.6. The Morgan fingerprint density at radius 2 is 1.85 bits per heavy atom. The highest BCUT2D eigenvalue weighted by atomic mass is 19.4. The van der Waals surface area contributed by atoms with Crippen LogP contribution < -0.4 is 15.1 Å². The Labute approximate surface area is 188 Å². The molecule has 2 heterocycles. The molecule has 33 heavy (non-hydrogen) atoms. The predicted octanol–water partition coefficient (Wildman–Crippen LogP) is 4.47. The normalized spacial score (nSPS) is 13.6. The maximum absolute atomic E-state index is 13.6. The number of methoxy groups -OCH3 is 1. The Morgan fingerprint density at radius 1 is 1.12 bits per heavy atom. The standard InChI is InChI=1S/C24H22F3N3O3/c1-14-10-11-20(33-3)22-16(14)7-6-12-29(22)23(32)21-19(31)13-15(2)30(28-21)18-9-5-4-8-17(18)24(25,26)27/h4-5,8-11,13H,6-7,12H2,1-3H3. The fourth-order valence-corrected chi connectivity index (χ4v) is 4.19. The number of ether oxygens (including phenoxy) is 1. The third-order valence-electron chi connectivity index (χ3n) is 5.77. The van der Waals surface area contributed by atoms with Crippen molar-refractivity contribution in [2.75, 3.05) is 18.6 Å². The number of anilines is 1. The lowest BCUT2D eigenvalue weighted by Gasteiger charge is -2.31. The minimum absolute atomic E-state index is 0.181. The molecule has 3 aromatic rings. The molecule has 0 atom stereocenters. The van der Waals surface area contributed by atoms with Crippen molar-refractivity contribution in [3.63, 3.8) is 0 Å². The summed E-state index contributed by atoms with van der Waals surface area (Å²) in [7, 11) is 1.49. The summed E-state index contributed by atoms with van der Waals surface area (Å²) in [5.74, 6) is -0.193. The highest BCUT2D eigenvalue weighted by Crippen LogP contribution is 2.39. The van der Waals surface area contributed by atoms with Crippen LogP contribution in [0.2, 0.25) is 0 Å². The second kappa shape index (κ2) is 8.38. The van der Waals surface area contributed by atoms with E-state index in [1.807, 2.05) is 13.0 Å². The van der Waals surface area contributed by atoms with Gasteiger partial charge in [-0.25, -0.2) is 4.68 Å². The number of benzene rings is 2. The van der Waals surface area contributed by atoms with Gasteiger partial charge in [0.15, 0.2) is 5.69 Å². The molecular weight excluding hydrogens is 435 g/mol. The van der Waals surface area contributed by atoms with Crippen LogP contribution in [0.25, 0.3) is 5.69 Å². The summed E-state index contributed by atoms with van der Waals surface area (Å²) in [4.78, 5) is 27.7. The molecule has 0 aliphatic carbocycles. The first kappa shape index (κ1) is 22.6. The van der Waals surface area contributed by atoms with Crippen molar-refractivity contribution < 1.29 is 22.7 Å². The van der Waals surface area contributed by atoms with E-state index in [1.54, 1.807) is 6.07 Å². The third kappa shape index (κ3) is 3.99. The molecule has 1 aliphatic rings. The van der Waals surface area contributed by atoms with Crippen LogP contribution in [-0.4, -0.2) is 29.3 Å². The number of aromatic nitrogens is 2. The van der Waals surface area contributed by atoms with Crippen LogP contribution in [0.4, 0.5) is 18.9 Å². The van der Waals surface area contributed by atoms with Crippen molar-refractivity contribution in [3.8, 4) is 11.4 Å². The van der Waals surface area contributed by atoms with E-state index >= 15 is 0 Å². The summed E-state index contributed by atoms with van der Waals surface area (Å²) in [5.41, 5.74) is 0.386. The molecule has 0 bridgehead atoms. The van der Waals surface area contributed by atoms with E-state index in [0.717, 1.165) is 34.4 Å². The summed E-state index contributed by atoms with van der Waals surface area (Å²) in [6.07, 6.45) is -3.22. The zero-order valence-electron chi connectivity index (χ0n) is 18.4. The Bertz CT molecular complexity index is 1300. The summed E-state index contributed by atoms with van der Waals surface area (Å²) >= 11 is 0. The molecule has 4 rings (SSSR count). The van der Waals surface area contributed by atoms with Crippen molar-refractivity contribution in [1.82, 2.24) is 9.78 Å². The summed E-state index contributed by atoms with van der Waals surface area (Å²) < 4.78 is 47.2. The van der Waals surface area contributed by atoms with Crippen LogP contribution in [0, 0.1) is 13.8 Å². The van der Waals surface area contributed by atoms with Gasteiger partial charge in [0.05, 0.1) is 24.0 Å². The average Bonchev–Trinajstić information content (AvgIpc) is 2.78. The molecule has 1 aromatic heterocycles. The van der Waals surface area contributed by atoms with E-state index in [2.05, 4.69) is 5.10 Å². The molecule has 0 fully saturated rings. The van der Waals surface area contributed by atoms with Gasteiger partial charge in [0.2, 0.25) is 5.43 Å². The van der Waals surface area contributed by atoms with Crippen molar-refractivity contribution in [2.24, 2.45) is 0 Å². The monoisotopic (exact) mass is 457 g/mol. The SMILES string of the molecule is COc1ccc(C)c2c1N(C(=O)c1nn(-c3ccccc3C(F)(F)F)c(C)cc1=O)CCC2. The molecule has 0 saturated heterocycles. The van der Waals surface area contributed by atoms with E-state index < -0.39 is 28.8 Å². The van der Waals surface area contributed by atoms with Gasteiger partial charge in [-0.05, 0) is 56.0 Å². The smallest absolute Gasteiger partial charge is 0.418 e. The quantitative estimate of drug-likeness (QED) is 0.582. The highest BCUT2D eigenvalue weighted by molar-refractivity contribution is 6.06. The fraction of sp³-hybridized carbons (Fsp3) is 0.292. The second-order valence-corrected chi connectivity index (χ2v) is 7.90. The summed E-state index contributed by atoms with van der Waals surface area (Å²) in [5, 5.41) is 4.11. The molecule has 1 amide bonds. The number of carbonyl (C=O) groups excluding carboxylic acids is 1. The third-order valence-corrected chi connectivity index (χ3v) is 5.77. The van der Waals surface area contributed by atoms with E-state index in [-0.39, 0.29) is 11.4 Å². The number of para-hydroxylation sites is 1. The second-order valence-electron chi connectivity index (χ2n) is 7.90. The maximum Gasteiger partial charge on any atom is 0.418 e. The number of hydrogen-bond acceptors (Lipinski definition) is 4. The Morgan fingerprint density at radius 3 is 2.55 bits per heavy atom. The number of halogens is 3. The molecule has 0 radical (unpaired) electrons. The highest BCUT2D eigenvalue weighted by Gasteiger charge is 2.35. The van der Waals surface area contributed by atoms with Crippen molar-refractivity contribution >= 4 is 11.6 Å². The van der Waals surface area contributed by atoms with Gasteiger partial charge >= 0.3 is 6.18 Å². The van der Waals surface area contributed by atoms with E-state index in [1.165, 1.54) is 37.1 Å². The number of hydrogen-bond donors (Lipinski definition) is 0. The molecule has 172 valence electrons. The Balaban J connectivity index is 1.87. The Hall–Kier alpha value is -3.62. The summed E-state index contributed by atoms with van der Waals surface area (Å²) in [6, 6.07) is 9.69. The van der Waals surface area contributed by atoms with Crippen LogP contribution in [0.15, 0.2) is 47.3 Å². The molecule has 1 aliphatic heterocycles. The number of alkyl halides is 3. The molecule has 0 N–H and O–H groups in total. The van der Waals surface area contributed by atoms with Gasteiger partial charge in [0.1, 0.15) is 5.75 Å². The molecule has 0 unspecified atom stereocenters. The first-order valence-electron chi connectivity index (χ1n) is 10.4. The number of rotatable bonds is 3. The van der Waals surface area contributed by atoms with Gasteiger partial charge in [0.25, 0.3) is 5.91 Å². The number of fused-ring (bicyclic) bond motifs is 1. The van der Waals surface area contributed by atoms with Gasteiger partial charge in [-0.2, -0.15) is 18.3 Å². The number of nitrogens with zero attached hydrogens (tertiary/aromatic N) is 3. The lowest BCUT2D eigenvalue weighted by atomic mass is 9.96. The predicted molar refractivity (Wildman–Crippen MR) is 117 cm³/mol. The topological polar surface area (TPSA) is 64.4 Å². The van der Waals surface area contributed by atoms with Gasteiger partial charge in [-0.1, -0.05) is 18.2 Å². The first-order valence-corrected chi connectivity index (χ1v) is 10.4. The molecule has 9 heteroatoms. The van der Waals surface area contributed by atoms with Gasteiger partial charge in [0, 0.05) is 18.3 Å². The van der Waals surface area contributed by atoms with Gasteiger partial charge < -0.3 is 9.64 Å². The lowest BCUT2D eigenvalue weighted by molar-refractivity contribution is -0.137. The zero-order chi connectivity index (χ0) is 23.9. The number of amides is 1. The lowest BCUT2D eigenvalue weighted by Crippen LogP contribution is -2.40. The molecule has 6 nitrogen and oxygen atoms in total.